The molecule has 0 aliphatic rings. The van der Waals surface area contributed by atoms with Crippen LogP contribution in [0.15, 0.2) is 59.6 Å². The van der Waals surface area contributed by atoms with Crippen LogP contribution in [0, 0.1) is 12.8 Å². The summed E-state index contributed by atoms with van der Waals surface area (Å²) >= 11 is 0. The minimum absolute atomic E-state index is 0.237. The van der Waals surface area contributed by atoms with Crippen molar-refractivity contribution in [1.82, 2.24) is 0 Å². The second-order valence-electron chi connectivity index (χ2n) is 6.41. The van der Waals surface area contributed by atoms with Crippen LogP contribution < -0.4 is 0 Å². The molecule has 4 heteroatoms. The molecule has 27 heavy (non-hydrogen) atoms. The van der Waals surface area contributed by atoms with Gasteiger partial charge in [-0.2, -0.15) is 0 Å². The maximum atomic E-state index is 12.8. The Bertz CT molecular complexity index is 768. The number of aryl methyl sites for hydroxylation is 2. The smallest absolute Gasteiger partial charge is 0.322 e. The molecule has 2 aromatic rings. The van der Waals surface area contributed by atoms with Gasteiger partial charge in [0.25, 0.3) is 0 Å². The summed E-state index contributed by atoms with van der Waals surface area (Å²) in [5.74, 6) is -1.79. The molecule has 2 rings (SSSR count). The van der Waals surface area contributed by atoms with Crippen LogP contribution in [-0.2, 0) is 16.0 Å². The highest BCUT2D eigenvalue weighted by Crippen LogP contribution is 2.14. The van der Waals surface area contributed by atoms with Gasteiger partial charge in [0, 0.05) is 18.3 Å². The highest BCUT2D eigenvalue weighted by atomic mass is 16.5. The molecule has 0 radical (unpaired) electrons. The topological polar surface area (TPSA) is 55.7 Å². The molecule has 0 aliphatic carbocycles. The van der Waals surface area contributed by atoms with E-state index in [0.29, 0.717) is 12.1 Å². The van der Waals surface area contributed by atoms with Crippen LogP contribution in [0.25, 0.3) is 0 Å². The van der Waals surface area contributed by atoms with E-state index in [1.165, 1.54) is 11.8 Å². The van der Waals surface area contributed by atoms with Gasteiger partial charge in [-0.15, -0.1) is 0 Å². The van der Waals surface area contributed by atoms with Gasteiger partial charge in [0.15, 0.2) is 11.7 Å². The van der Waals surface area contributed by atoms with Crippen molar-refractivity contribution in [2.75, 3.05) is 13.2 Å². The van der Waals surface area contributed by atoms with Gasteiger partial charge in [0.2, 0.25) is 0 Å². The van der Waals surface area contributed by atoms with Gasteiger partial charge in [0.05, 0.1) is 6.61 Å². The molecule has 1 unspecified atom stereocenters. The summed E-state index contributed by atoms with van der Waals surface area (Å²) in [6.07, 6.45) is 4.37. The number of unbranched alkanes of at least 4 members (excludes halogenated alkanes) is 1. The average molecular weight is 365 g/mol. The molecule has 0 amide bonds. The first-order valence-corrected chi connectivity index (χ1v) is 9.43. The number of ether oxygens (including phenoxy) is 1. The first kappa shape index (κ1) is 20.6. The van der Waals surface area contributed by atoms with Crippen molar-refractivity contribution in [3.63, 3.8) is 0 Å². The summed E-state index contributed by atoms with van der Waals surface area (Å²) in [7, 11) is 0. The molecule has 0 saturated heterocycles. The number of hydrogen-bond donors (Lipinski definition) is 0. The van der Waals surface area contributed by atoms with Crippen molar-refractivity contribution in [3.8, 4) is 0 Å². The maximum Gasteiger partial charge on any atom is 0.322 e. The molecular formula is C23H27NO3. The van der Waals surface area contributed by atoms with E-state index in [1.807, 2.05) is 37.3 Å². The van der Waals surface area contributed by atoms with Gasteiger partial charge in [-0.05, 0) is 44.2 Å². The summed E-state index contributed by atoms with van der Waals surface area (Å²) in [6.45, 7) is 4.41. The van der Waals surface area contributed by atoms with Gasteiger partial charge >= 0.3 is 5.97 Å². The lowest BCUT2D eigenvalue weighted by atomic mass is 9.95. The summed E-state index contributed by atoms with van der Waals surface area (Å²) in [5.41, 5.74) is 2.68. The lowest BCUT2D eigenvalue weighted by molar-refractivity contribution is -0.143. The van der Waals surface area contributed by atoms with Gasteiger partial charge in [-0.3, -0.25) is 14.6 Å². The molecule has 0 aliphatic heterocycles. The van der Waals surface area contributed by atoms with Crippen LogP contribution in [0.3, 0.4) is 0 Å². The van der Waals surface area contributed by atoms with E-state index in [4.69, 9.17) is 4.74 Å². The zero-order valence-corrected chi connectivity index (χ0v) is 16.1. The fraction of sp³-hybridized carbons (Fsp3) is 0.348. The summed E-state index contributed by atoms with van der Waals surface area (Å²) in [6, 6.07) is 17.6. The standard InChI is InChI=1S/C23H27NO3/c1-3-27-23(26)21(22(25)20-15-8-7-11-18(20)2)17-24-16-10-9-14-19-12-5-4-6-13-19/h4-8,11-13,15,17,21H,3,9-10,14,16H2,1-2H3. The molecule has 142 valence electrons. The predicted molar refractivity (Wildman–Crippen MR) is 108 cm³/mol. The van der Waals surface area contributed by atoms with Gasteiger partial charge < -0.3 is 4.74 Å². The molecule has 4 nitrogen and oxygen atoms in total. The lowest BCUT2D eigenvalue weighted by Gasteiger charge is -2.12. The highest BCUT2D eigenvalue weighted by molar-refractivity contribution is 6.18. The third-order valence-electron chi connectivity index (χ3n) is 4.33. The minimum atomic E-state index is -0.986. The number of carbonyl (C=O) groups excluding carboxylic acids is 2. The summed E-state index contributed by atoms with van der Waals surface area (Å²) in [5, 5.41) is 0. The molecule has 0 heterocycles. The van der Waals surface area contributed by atoms with Crippen LogP contribution >= 0.6 is 0 Å². The first-order chi connectivity index (χ1) is 13.1. The van der Waals surface area contributed by atoms with Gasteiger partial charge in [-0.1, -0.05) is 54.6 Å². The molecule has 0 bridgehead atoms. The van der Waals surface area contributed by atoms with Crippen molar-refractivity contribution in [2.24, 2.45) is 10.9 Å². The Labute approximate surface area is 161 Å². The number of nitrogens with zero attached hydrogens (tertiary/aromatic N) is 1. The first-order valence-electron chi connectivity index (χ1n) is 9.43. The number of Topliss-reactive ketones (excluding diaryl/α,β-unsaturated/α-hetero) is 1. The largest absolute Gasteiger partial charge is 0.465 e. The number of benzene rings is 2. The number of carbonyl (C=O) groups is 2. The van der Waals surface area contributed by atoms with E-state index < -0.39 is 11.9 Å². The number of hydrogen-bond acceptors (Lipinski definition) is 4. The summed E-state index contributed by atoms with van der Waals surface area (Å²) in [4.78, 5) is 29.4. The highest BCUT2D eigenvalue weighted by Gasteiger charge is 2.28. The van der Waals surface area contributed by atoms with Crippen molar-refractivity contribution in [2.45, 2.75) is 33.1 Å². The van der Waals surface area contributed by atoms with Crippen molar-refractivity contribution >= 4 is 18.0 Å². The Kier molecular flexibility index (Phi) is 8.43. The van der Waals surface area contributed by atoms with E-state index in [9.17, 15) is 9.59 Å². The molecule has 0 fully saturated rings. The normalized spacial score (nSPS) is 12.1. The number of aliphatic imine (C=N–C) groups is 1. The van der Waals surface area contributed by atoms with Crippen LogP contribution in [-0.4, -0.2) is 31.1 Å². The van der Waals surface area contributed by atoms with E-state index >= 15 is 0 Å². The quantitative estimate of drug-likeness (QED) is 0.205. The Morgan fingerprint density at radius 2 is 1.74 bits per heavy atom. The second kappa shape index (κ2) is 11.1. The van der Waals surface area contributed by atoms with Crippen molar-refractivity contribution < 1.29 is 14.3 Å². The Morgan fingerprint density at radius 3 is 2.44 bits per heavy atom. The van der Waals surface area contributed by atoms with Crippen LogP contribution in [0.5, 0.6) is 0 Å². The Morgan fingerprint density at radius 1 is 1.04 bits per heavy atom. The zero-order chi connectivity index (χ0) is 19.5. The molecule has 0 aromatic heterocycles. The number of esters is 1. The van der Waals surface area contributed by atoms with E-state index in [2.05, 4.69) is 17.1 Å². The molecule has 2 aromatic carbocycles. The summed E-state index contributed by atoms with van der Waals surface area (Å²) < 4.78 is 5.07. The van der Waals surface area contributed by atoms with E-state index in [-0.39, 0.29) is 12.4 Å². The Hall–Kier alpha value is -2.75. The second-order valence-corrected chi connectivity index (χ2v) is 6.41. The fourth-order valence-electron chi connectivity index (χ4n) is 2.84. The van der Waals surface area contributed by atoms with Crippen LogP contribution in [0.2, 0.25) is 0 Å². The van der Waals surface area contributed by atoms with Crippen LogP contribution in [0.4, 0.5) is 0 Å². The SMILES string of the molecule is CCOC(=O)C(C=NCCCCc1ccccc1)C(=O)c1ccccc1C. The number of rotatable bonds is 10. The molecule has 1 atom stereocenters. The zero-order valence-electron chi connectivity index (χ0n) is 16.1. The van der Waals surface area contributed by atoms with Crippen molar-refractivity contribution in [1.29, 1.82) is 0 Å². The third-order valence-corrected chi connectivity index (χ3v) is 4.33. The molecular weight excluding hydrogens is 338 g/mol. The molecule has 0 spiro atoms. The third kappa shape index (κ3) is 6.48. The van der Waals surface area contributed by atoms with Gasteiger partial charge in [-0.25, -0.2) is 0 Å². The van der Waals surface area contributed by atoms with Gasteiger partial charge in [0.1, 0.15) is 0 Å². The van der Waals surface area contributed by atoms with E-state index in [0.717, 1.165) is 24.8 Å². The minimum Gasteiger partial charge on any atom is -0.465 e. The molecule has 0 N–H and O–H groups in total. The predicted octanol–water partition coefficient (Wildman–Crippen LogP) is 4.45. The number of ketones is 1. The van der Waals surface area contributed by atoms with E-state index in [1.54, 1.807) is 19.1 Å². The van der Waals surface area contributed by atoms with Crippen LogP contribution in [0.1, 0.15) is 41.3 Å². The Balaban J connectivity index is 1.93. The average Bonchev–Trinajstić information content (AvgIpc) is 2.68. The maximum absolute atomic E-state index is 12.8. The molecule has 0 saturated carbocycles. The lowest BCUT2D eigenvalue weighted by Crippen LogP contribution is -2.28. The fourth-order valence-corrected chi connectivity index (χ4v) is 2.84. The monoisotopic (exact) mass is 365 g/mol. The van der Waals surface area contributed by atoms with Crippen molar-refractivity contribution in [3.05, 3.63) is 71.3 Å².